The minimum atomic E-state index is 0.365. The van der Waals surface area contributed by atoms with Gasteiger partial charge >= 0.3 is 0 Å². The fourth-order valence-electron chi connectivity index (χ4n) is 2.66. The predicted octanol–water partition coefficient (Wildman–Crippen LogP) is 4.96. The van der Waals surface area contributed by atoms with E-state index in [1.165, 1.54) is 16.7 Å². The van der Waals surface area contributed by atoms with Crippen LogP contribution < -0.4 is 4.74 Å². The van der Waals surface area contributed by atoms with Gasteiger partial charge in [-0.1, -0.05) is 19.9 Å². The van der Waals surface area contributed by atoms with Gasteiger partial charge in [-0.25, -0.2) is 0 Å². The van der Waals surface area contributed by atoms with Crippen molar-refractivity contribution in [3.05, 3.63) is 28.8 Å². The van der Waals surface area contributed by atoms with Crippen LogP contribution in [0.25, 0.3) is 0 Å². The van der Waals surface area contributed by atoms with Gasteiger partial charge in [-0.2, -0.15) is 0 Å². The molecule has 0 aliphatic rings. The molecule has 1 unspecified atom stereocenters. The van der Waals surface area contributed by atoms with Gasteiger partial charge in [-0.15, -0.1) is 0 Å². The van der Waals surface area contributed by atoms with Crippen molar-refractivity contribution >= 4 is 5.78 Å². The molecule has 1 atom stereocenters. The average molecular weight is 276 g/mol. The van der Waals surface area contributed by atoms with Gasteiger partial charge in [-0.3, -0.25) is 4.79 Å². The first kappa shape index (κ1) is 16.7. The van der Waals surface area contributed by atoms with Crippen LogP contribution in [0.15, 0.2) is 12.1 Å². The summed E-state index contributed by atoms with van der Waals surface area (Å²) < 4.78 is 5.65. The Bertz CT molecular complexity index is 449. The Labute approximate surface area is 123 Å². The molecule has 0 bridgehead atoms. The van der Waals surface area contributed by atoms with E-state index in [4.69, 9.17) is 4.74 Å². The Balaban J connectivity index is 2.92. The van der Waals surface area contributed by atoms with Crippen LogP contribution in [0.2, 0.25) is 0 Å². The Kier molecular flexibility index (Phi) is 6.77. The third-order valence-electron chi connectivity index (χ3n) is 4.18. The minimum Gasteiger partial charge on any atom is -0.494 e. The fraction of sp³-hybridized carbons (Fsp3) is 0.611. The number of ether oxygens (including phenoxy) is 1. The molecule has 0 aromatic heterocycles. The molecule has 0 amide bonds. The van der Waals surface area contributed by atoms with E-state index in [1.807, 2.05) is 13.8 Å². The Morgan fingerprint density at radius 3 is 2.40 bits per heavy atom. The molecule has 20 heavy (non-hydrogen) atoms. The summed E-state index contributed by atoms with van der Waals surface area (Å²) in [6, 6.07) is 4.25. The van der Waals surface area contributed by atoms with Crippen molar-refractivity contribution in [2.24, 2.45) is 0 Å². The molecular weight excluding hydrogens is 248 g/mol. The van der Waals surface area contributed by atoms with Crippen molar-refractivity contribution in [3.8, 4) is 5.75 Å². The maximum absolute atomic E-state index is 11.5. The molecule has 112 valence electrons. The Morgan fingerprint density at radius 1 is 1.15 bits per heavy atom. The van der Waals surface area contributed by atoms with Gasteiger partial charge in [0.05, 0.1) is 6.61 Å². The number of benzene rings is 1. The van der Waals surface area contributed by atoms with Gasteiger partial charge < -0.3 is 4.74 Å². The summed E-state index contributed by atoms with van der Waals surface area (Å²) in [5.74, 6) is 1.82. The molecule has 1 rings (SSSR count). The van der Waals surface area contributed by atoms with E-state index in [2.05, 4.69) is 32.9 Å². The van der Waals surface area contributed by atoms with E-state index in [0.717, 1.165) is 18.6 Å². The van der Waals surface area contributed by atoms with Crippen molar-refractivity contribution in [3.63, 3.8) is 0 Å². The Hall–Kier alpha value is -1.31. The molecule has 0 heterocycles. The average Bonchev–Trinajstić information content (AvgIpc) is 2.46. The number of hydrogen-bond acceptors (Lipinski definition) is 2. The lowest BCUT2D eigenvalue weighted by Gasteiger charge is -2.20. The van der Waals surface area contributed by atoms with E-state index >= 15 is 0 Å². The largest absolute Gasteiger partial charge is 0.494 e. The molecule has 0 fully saturated rings. The summed E-state index contributed by atoms with van der Waals surface area (Å²) in [4.78, 5) is 11.5. The van der Waals surface area contributed by atoms with Crippen LogP contribution in [-0.4, -0.2) is 12.4 Å². The molecule has 0 aliphatic heterocycles. The van der Waals surface area contributed by atoms with Gasteiger partial charge in [0, 0.05) is 12.8 Å². The van der Waals surface area contributed by atoms with Crippen LogP contribution >= 0.6 is 0 Å². The maximum atomic E-state index is 11.5. The quantitative estimate of drug-likeness (QED) is 0.671. The summed E-state index contributed by atoms with van der Waals surface area (Å²) in [5.41, 5.74) is 3.91. The second kappa shape index (κ2) is 8.08. The first-order valence-corrected chi connectivity index (χ1v) is 7.79. The highest BCUT2D eigenvalue weighted by Crippen LogP contribution is 2.33. The third kappa shape index (κ3) is 4.09. The van der Waals surface area contributed by atoms with Gasteiger partial charge in [0.2, 0.25) is 0 Å². The summed E-state index contributed by atoms with van der Waals surface area (Å²) in [7, 11) is 0. The van der Waals surface area contributed by atoms with Gasteiger partial charge in [-0.05, 0) is 62.3 Å². The summed E-state index contributed by atoms with van der Waals surface area (Å²) in [6.07, 6.45) is 3.38. The highest BCUT2D eigenvalue weighted by molar-refractivity contribution is 5.78. The zero-order chi connectivity index (χ0) is 15.1. The fourth-order valence-corrected chi connectivity index (χ4v) is 2.66. The van der Waals surface area contributed by atoms with Crippen LogP contribution in [0.3, 0.4) is 0 Å². The molecule has 1 aromatic carbocycles. The Morgan fingerprint density at radius 2 is 1.85 bits per heavy atom. The number of carbonyl (C=O) groups excluding carboxylic acids is 1. The van der Waals surface area contributed by atoms with Crippen molar-refractivity contribution in [2.45, 2.75) is 66.2 Å². The van der Waals surface area contributed by atoms with Crippen molar-refractivity contribution in [2.75, 3.05) is 6.61 Å². The second-order valence-corrected chi connectivity index (χ2v) is 5.37. The number of hydrogen-bond donors (Lipinski definition) is 0. The molecule has 0 saturated heterocycles. The summed E-state index contributed by atoms with van der Waals surface area (Å²) in [5, 5.41) is 0. The van der Waals surface area contributed by atoms with Crippen LogP contribution in [0.5, 0.6) is 5.75 Å². The predicted molar refractivity (Wildman–Crippen MR) is 84.6 cm³/mol. The first-order chi connectivity index (χ1) is 9.54. The molecule has 0 aliphatic carbocycles. The molecule has 0 radical (unpaired) electrons. The maximum Gasteiger partial charge on any atom is 0.132 e. The summed E-state index contributed by atoms with van der Waals surface area (Å²) >= 11 is 0. The highest BCUT2D eigenvalue weighted by Gasteiger charge is 2.16. The number of Topliss-reactive ketones (excluding diaryl/α,β-unsaturated/α-hetero) is 1. The third-order valence-corrected chi connectivity index (χ3v) is 4.18. The van der Waals surface area contributed by atoms with Gasteiger partial charge in [0.15, 0.2) is 0 Å². The van der Waals surface area contributed by atoms with Crippen molar-refractivity contribution < 1.29 is 9.53 Å². The zero-order valence-corrected chi connectivity index (χ0v) is 13.6. The van der Waals surface area contributed by atoms with E-state index in [1.54, 1.807) is 0 Å². The second-order valence-electron chi connectivity index (χ2n) is 5.37. The molecule has 0 spiro atoms. The van der Waals surface area contributed by atoms with Crippen LogP contribution in [0.4, 0.5) is 0 Å². The lowest BCUT2D eigenvalue weighted by Crippen LogP contribution is -2.06. The smallest absolute Gasteiger partial charge is 0.132 e. The molecule has 0 saturated carbocycles. The van der Waals surface area contributed by atoms with Crippen LogP contribution in [0.1, 0.15) is 69.1 Å². The lowest BCUT2D eigenvalue weighted by atomic mass is 9.86. The SMILES string of the molecule is CCOc1ccc(C(CC)CCC(=O)CC)c(C)c1C. The van der Waals surface area contributed by atoms with E-state index in [0.29, 0.717) is 31.1 Å². The van der Waals surface area contributed by atoms with Gasteiger partial charge in [0.1, 0.15) is 11.5 Å². The van der Waals surface area contributed by atoms with Crippen molar-refractivity contribution in [1.29, 1.82) is 0 Å². The molecule has 0 N–H and O–H groups in total. The lowest BCUT2D eigenvalue weighted by molar-refractivity contribution is -0.118. The number of carbonyl (C=O) groups is 1. The highest BCUT2D eigenvalue weighted by atomic mass is 16.5. The van der Waals surface area contributed by atoms with Crippen LogP contribution in [-0.2, 0) is 4.79 Å². The monoisotopic (exact) mass is 276 g/mol. The molecule has 2 heteroatoms. The normalized spacial score (nSPS) is 12.2. The van der Waals surface area contributed by atoms with E-state index < -0.39 is 0 Å². The van der Waals surface area contributed by atoms with Crippen LogP contribution in [0, 0.1) is 13.8 Å². The summed E-state index contributed by atoms with van der Waals surface area (Å²) in [6.45, 7) is 11.1. The topological polar surface area (TPSA) is 26.3 Å². The molecule has 1 aromatic rings. The van der Waals surface area contributed by atoms with E-state index in [-0.39, 0.29) is 0 Å². The number of rotatable bonds is 8. The van der Waals surface area contributed by atoms with Crippen molar-refractivity contribution in [1.82, 2.24) is 0 Å². The van der Waals surface area contributed by atoms with E-state index in [9.17, 15) is 4.79 Å². The minimum absolute atomic E-state index is 0.365. The first-order valence-electron chi connectivity index (χ1n) is 7.79. The zero-order valence-electron chi connectivity index (χ0n) is 13.6. The number of ketones is 1. The van der Waals surface area contributed by atoms with Gasteiger partial charge in [0.25, 0.3) is 0 Å². The molecular formula is C18H28O2. The standard InChI is InChI=1S/C18H28O2/c1-6-15(9-10-16(19)7-2)17-11-12-18(20-8-3)14(5)13(17)4/h11-12,15H,6-10H2,1-5H3. The molecule has 2 nitrogen and oxygen atoms in total.